The molecule has 21 heavy (non-hydrogen) atoms. The molecule has 8 heteroatoms. The number of methoxy groups -OCH3 is 1. The summed E-state index contributed by atoms with van der Waals surface area (Å²) in [7, 11) is 0.732. The van der Waals surface area contributed by atoms with Crippen LogP contribution in [0.25, 0.3) is 0 Å². The number of pyridine rings is 1. The highest BCUT2D eigenvalue weighted by molar-refractivity contribution is 7.89. The number of nitrogens with zero attached hydrogens (tertiary/aromatic N) is 3. The molecule has 0 aromatic carbocycles. The predicted octanol–water partition coefficient (Wildman–Crippen LogP) is 0.720. The number of esters is 1. The van der Waals surface area contributed by atoms with Gasteiger partial charge in [0.15, 0.2) is 0 Å². The van der Waals surface area contributed by atoms with Crippen LogP contribution in [-0.2, 0) is 19.6 Å². The van der Waals surface area contributed by atoms with Crippen molar-refractivity contribution in [2.75, 3.05) is 32.6 Å². The van der Waals surface area contributed by atoms with Gasteiger partial charge in [-0.05, 0) is 26.0 Å². The molecular formula is C13H21N3O4S. The third kappa shape index (κ3) is 4.15. The number of anilines is 1. The van der Waals surface area contributed by atoms with E-state index in [1.165, 1.54) is 33.5 Å². The van der Waals surface area contributed by atoms with Crippen LogP contribution in [0.15, 0.2) is 23.2 Å². The highest BCUT2D eigenvalue weighted by atomic mass is 32.2. The lowest BCUT2D eigenvalue weighted by atomic mass is 10.3. The molecule has 118 valence electrons. The molecule has 7 nitrogen and oxygen atoms in total. The van der Waals surface area contributed by atoms with E-state index in [4.69, 9.17) is 0 Å². The zero-order valence-corrected chi connectivity index (χ0v) is 13.7. The number of sulfonamides is 1. The molecule has 0 atom stereocenters. The summed E-state index contributed by atoms with van der Waals surface area (Å²) in [6.07, 6.45) is 1.29. The molecule has 0 aliphatic heterocycles. The van der Waals surface area contributed by atoms with E-state index in [1.807, 2.05) is 13.8 Å². The van der Waals surface area contributed by atoms with Crippen molar-refractivity contribution >= 4 is 21.8 Å². The maximum Gasteiger partial charge on any atom is 0.325 e. The Morgan fingerprint density at radius 3 is 2.33 bits per heavy atom. The quantitative estimate of drug-likeness (QED) is 0.720. The first kappa shape index (κ1) is 17.4. The van der Waals surface area contributed by atoms with Gasteiger partial charge in [0.25, 0.3) is 0 Å². The Morgan fingerprint density at radius 2 is 1.95 bits per heavy atom. The van der Waals surface area contributed by atoms with E-state index in [0.717, 1.165) is 4.31 Å². The van der Waals surface area contributed by atoms with Crippen LogP contribution < -0.4 is 4.90 Å². The smallest absolute Gasteiger partial charge is 0.325 e. The Kier molecular flexibility index (Phi) is 5.68. The second-order valence-electron chi connectivity index (χ2n) is 4.94. The molecule has 0 fully saturated rings. The van der Waals surface area contributed by atoms with Gasteiger partial charge in [-0.15, -0.1) is 0 Å². The van der Waals surface area contributed by atoms with E-state index >= 15 is 0 Å². The van der Waals surface area contributed by atoms with Crippen molar-refractivity contribution in [3.05, 3.63) is 18.3 Å². The van der Waals surface area contributed by atoms with Gasteiger partial charge >= 0.3 is 5.97 Å². The van der Waals surface area contributed by atoms with Crippen molar-refractivity contribution in [2.45, 2.75) is 24.8 Å². The van der Waals surface area contributed by atoms with Gasteiger partial charge < -0.3 is 9.64 Å². The van der Waals surface area contributed by atoms with Crippen LogP contribution in [0, 0.1) is 0 Å². The van der Waals surface area contributed by atoms with E-state index in [0.29, 0.717) is 5.82 Å². The minimum Gasteiger partial charge on any atom is -0.468 e. The lowest BCUT2D eigenvalue weighted by molar-refractivity contribution is -0.139. The fourth-order valence-corrected chi connectivity index (χ4v) is 2.49. The highest BCUT2D eigenvalue weighted by Gasteiger charge is 2.20. The van der Waals surface area contributed by atoms with Gasteiger partial charge in [0.2, 0.25) is 10.0 Å². The van der Waals surface area contributed by atoms with Crippen molar-refractivity contribution in [3.8, 4) is 0 Å². The molecule has 0 N–H and O–H groups in total. The van der Waals surface area contributed by atoms with E-state index in [9.17, 15) is 13.2 Å². The Hall–Kier alpha value is -1.67. The van der Waals surface area contributed by atoms with E-state index < -0.39 is 10.0 Å². The second-order valence-corrected chi connectivity index (χ2v) is 7.09. The van der Waals surface area contributed by atoms with Gasteiger partial charge in [-0.1, -0.05) is 0 Å². The molecule has 0 saturated carbocycles. The monoisotopic (exact) mass is 315 g/mol. The molecule has 1 aromatic heterocycles. The summed E-state index contributed by atoms with van der Waals surface area (Å²) in [6.45, 7) is 3.88. The molecule has 0 aliphatic carbocycles. The summed E-state index contributed by atoms with van der Waals surface area (Å²) in [6, 6.07) is 3.08. The van der Waals surface area contributed by atoms with Crippen molar-refractivity contribution in [3.63, 3.8) is 0 Å². The lowest BCUT2D eigenvalue weighted by Gasteiger charge is -2.26. The fraction of sp³-hybridized carbons (Fsp3) is 0.538. The largest absolute Gasteiger partial charge is 0.468 e. The third-order valence-corrected chi connectivity index (χ3v) is 4.74. The zero-order valence-electron chi connectivity index (χ0n) is 12.9. The normalized spacial score (nSPS) is 11.8. The maximum absolute atomic E-state index is 12.0. The Morgan fingerprint density at radius 1 is 1.33 bits per heavy atom. The van der Waals surface area contributed by atoms with Crippen LogP contribution in [0.4, 0.5) is 5.82 Å². The van der Waals surface area contributed by atoms with Gasteiger partial charge in [0.1, 0.15) is 17.3 Å². The molecule has 0 saturated heterocycles. The van der Waals surface area contributed by atoms with Crippen LogP contribution in [0.1, 0.15) is 13.8 Å². The Labute approximate surface area is 125 Å². The van der Waals surface area contributed by atoms with Gasteiger partial charge in [-0.25, -0.2) is 17.7 Å². The number of carbonyl (C=O) groups is 1. The SMILES string of the molecule is COC(=O)CN(c1ccc(S(=O)(=O)N(C)C)cn1)C(C)C. The number of hydrogen-bond donors (Lipinski definition) is 0. The molecule has 1 aromatic rings. The minimum absolute atomic E-state index is 0.0212. The lowest BCUT2D eigenvalue weighted by Crippen LogP contribution is -2.36. The number of carbonyl (C=O) groups excluding carboxylic acids is 1. The molecular weight excluding hydrogens is 294 g/mol. The average molecular weight is 315 g/mol. The molecule has 0 unspecified atom stereocenters. The van der Waals surface area contributed by atoms with E-state index in [-0.39, 0.29) is 23.5 Å². The first-order valence-corrected chi connectivity index (χ1v) is 7.86. The zero-order chi connectivity index (χ0) is 16.2. The van der Waals surface area contributed by atoms with Crippen LogP contribution in [-0.4, -0.2) is 57.5 Å². The van der Waals surface area contributed by atoms with Crippen molar-refractivity contribution in [1.29, 1.82) is 0 Å². The fourth-order valence-electron chi connectivity index (χ4n) is 1.64. The molecule has 0 radical (unpaired) electrons. The number of rotatable bonds is 6. The van der Waals surface area contributed by atoms with Gasteiger partial charge in [-0.3, -0.25) is 4.79 Å². The molecule has 1 rings (SSSR count). The Bertz CT molecular complexity index is 582. The summed E-state index contributed by atoms with van der Waals surface area (Å²) in [5.74, 6) is 0.142. The molecule has 0 bridgehead atoms. The Balaban J connectivity index is 3.07. The molecule has 0 aliphatic rings. The summed E-state index contributed by atoms with van der Waals surface area (Å²) in [5.41, 5.74) is 0. The van der Waals surface area contributed by atoms with Gasteiger partial charge in [0.05, 0.1) is 7.11 Å². The van der Waals surface area contributed by atoms with Gasteiger partial charge in [0, 0.05) is 26.3 Å². The number of ether oxygens (including phenoxy) is 1. The van der Waals surface area contributed by atoms with Crippen molar-refractivity contribution in [2.24, 2.45) is 0 Å². The maximum atomic E-state index is 12.0. The summed E-state index contributed by atoms with van der Waals surface area (Å²) in [4.78, 5) is 17.4. The van der Waals surface area contributed by atoms with E-state index in [1.54, 1.807) is 11.0 Å². The molecule has 1 heterocycles. The molecule has 0 amide bonds. The second kappa shape index (κ2) is 6.86. The van der Waals surface area contributed by atoms with E-state index in [2.05, 4.69) is 9.72 Å². The topological polar surface area (TPSA) is 79.8 Å². The number of hydrogen-bond acceptors (Lipinski definition) is 6. The van der Waals surface area contributed by atoms with Crippen LogP contribution in [0.2, 0.25) is 0 Å². The molecule has 0 spiro atoms. The van der Waals surface area contributed by atoms with Gasteiger partial charge in [-0.2, -0.15) is 0 Å². The number of aromatic nitrogens is 1. The summed E-state index contributed by atoms with van der Waals surface area (Å²) in [5, 5.41) is 0. The predicted molar refractivity (Wildman–Crippen MR) is 79.6 cm³/mol. The minimum atomic E-state index is -3.51. The standard InChI is InChI=1S/C13H21N3O4S/c1-10(2)16(9-13(17)20-5)12-7-6-11(8-14-12)21(18,19)15(3)4/h6-8,10H,9H2,1-5H3. The van der Waals surface area contributed by atoms with Crippen molar-refractivity contribution in [1.82, 2.24) is 9.29 Å². The average Bonchev–Trinajstić information content (AvgIpc) is 2.44. The third-order valence-electron chi connectivity index (χ3n) is 2.94. The first-order chi connectivity index (χ1) is 9.70. The van der Waals surface area contributed by atoms with Crippen molar-refractivity contribution < 1.29 is 17.9 Å². The summed E-state index contributed by atoms with van der Waals surface area (Å²) < 4.78 is 29.7. The van der Waals surface area contributed by atoms with Crippen LogP contribution >= 0.6 is 0 Å². The van der Waals surface area contributed by atoms with Crippen LogP contribution in [0.5, 0.6) is 0 Å². The first-order valence-electron chi connectivity index (χ1n) is 6.42. The van der Waals surface area contributed by atoms with Crippen LogP contribution in [0.3, 0.4) is 0 Å². The summed E-state index contributed by atoms with van der Waals surface area (Å²) >= 11 is 0. The highest BCUT2D eigenvalue weighted by Crippen LogP contribution is 2.18.